The molecule has 4 nitrogen and oxygen atoms in total. The van der Waals surface area contributed by atoms with Gasteiger partial charge in [-0.2, -0.15) is 0 Å². The van der Waals surface area contributed by atoms with E-state index in [1.54, 1.807) is 0 Å². The van der Waals surface area contributed by atoms with Crippen molar-refractivity contribution in [1.29, 1.82) is 0 Å². The number of rotatable bonds is 1. The van der Waals surface area contributed by atoms with Gasteiger partial charge in [0.1, 0.15) is 11.8 Å². The minimum absolute atomic E-state index is 0.0870. The quantitative estimate of drug-likeness (QED) is 0.832. The van der Waals surface area contributed by atoms with E-state index in [1.165, 1.54) is 4.90 Å². The highest BCUT2D eigenvalue weighted by Crippen LogP contribution is 2.38. The summed E-state index contributed by atoms with van der Waals surface area (Å²) >= 11 is 0. The van der Waals surface area contributed by atoms with E-state index in [1.807, 2.05) is 51.1 Å². The molecule has 0 aliphatic carbocycles. The first-order valence-electron chi connectivity index (χ1n) is 6.13. The minimum Gasteiger partial charge on any atom is -0.444 e. The maximum Gasteiger partial charge on any atom is 0.412 e. The van der Waals surface area contributed by atoms with E-state index in [0.717, 1.165) is 5.56 Å². The number of amides is 1. The van der Waals surface area contributed by atoms with Crippen molar-refractivity contribution in [2.24, 2.45) is 0 Å². The van der Waals surface area contributed by atoms with E-state index >= 15 is 0 Å². The number of carbonyl (C=O) groups excluding carboxylic acids is 1. The summed E-state index contributed by atoms with van der Waals surface area (Å²) in [4.78, 5) is 13.4. The van der Waals surface area contributed by atoms with Crippen molar-refractivity contribution in [2.75, 3.05) is 0 Å². The van der Waals surface area contributed by atoms with E-state index < -0.39 is 17.9 Å². The fraction of sp³-hybridized carbons (Fsp3) is 0.500. The van der Waals surface area contributed by atoms with Crippen molar-refractivity contribution in [2.45, 2.75) is 45.1 Å². The molecule has 0 aromatic heterocycles. The van der Waals surface area contributed by atoms with Crippen LogP contribution in [0.3, 0.4) is 0 Å². The Bertz CT molecular complexity index is 424. The molecule has 2 atom stereocenters. The lowest BCUT2D eigenvalue weighted by atomic mass is 9.93. The van der Waals surface area contributed by atoms with E-state index in [9.17, 15) is 9.90 Å². The van der Waals surface area contributed by atoms with Crippen molar-refractivity contribution in [3.05, 3.63) is 35.9 Å². The van der Waals surface area contributed by atoms with Gasteiger partial charge >= 0.3 is 6.09 Å². The summed E-state index contributed by atoms with van der Waals surface area (Å²) in [6.07, 6.45) is -0.649. The highest BCUT2D eigenvalue weighted by molar-refractivity contribution is 5.70. The molecule has 0 radical (unpaired) electrons. The topological polar surface area (TPSA) is 49.8 Å². The van der Waals surface area contributed by atoms with Crippen LogP contribution in [0.15, 0.2) is 30.3 Å². The van der Waals surface area contributed by atoms with Gasteiger partial charge in [-0.3, -0.25) is 4.90 Å². The van der Waals surface area contributed by atoms with Crippen LogP contribution in [0, 0.1) is 0 Å². The zero-order valence-corrected chi connectivity index (χ0v) is 11.0. The number of carbonyl (C=O) groups is 1. The number of ether oxygens (including phenoxy) is 1. The van der Waals surface area contributed by atoms with Crippen molar-refractivity contribution < 1.29 is 14.6 Å². The Morgan fingerprint density at radius 2 is 1.94 bits per heavy atom. The number of benzene rings is 1. The second-order valence-corrected chi connectivity index (χ2v) is 5.53. The van der Waals surface area contributed by atoms with Gasteiger partial charge in [0.05, 0.1) is 6.04 Å². The smallest absolute Gasteiger partial charge is 0.412 e. The van der Waals surface area contributed by atoms with E-state index in [4.69, 9.17) is 4.74 Å². The Kier molecular flexibility index (Phi) is 3.30. The molecule has 1 N–H and O–H groups in total. The summed E-state index contributed by atoms with van der Waals surface area (Å²) < 4.78 is 5.29. The molecule has 1 heterocycles. The maximum atomic E-state index is 12.0. The standard InChI is InChI=1S/C14H19NO3/c1-14(2,3)18-13(17)15-11(9-12(15)16)10-7-5-4-6-8-10/h4-8,11-12,16H,9H2,1-3H3/t11-,12?/m1/s1. The first kappa shape index (κ1) is 12.9. The molecule has 1 fully saturated rings. The Balaban J connectivity index is 2.10. The molecule has 0 saturated carbocycles. The Hall–Kier alpha value is -1.55. The Labute approximate surface area is 107 Å². The molecule has 98 valence electrons. The summed E-state index contributed by atoms with van der Waals surface area (Å²) in [7, 11) is 0. The van der Waals surface area contributed by atoms with Crippen LogP contribution in [0.5, 0.6) is 0 Å². The lowest BCUT2D eigenvalue weighted by Crippen LogP contribution is -2.54. The number of hydrogen-bond acceptors (Lipinski definition) is 3. The average molecular weight is 249 g/mol. The molecular formula is C14H19NO3. The number of hydrogen-bond donors (Lipinski definition) is 1. The third-order valence-corrected chi connectivity index (χ3v) is 2.88. The zero-order chi connectivity index (χ0) is 13.3. The molecule has 1 unspecified atom stereocenters. The van der Waals surface area contributed by atoms with Crippen LogP contribution >= 0.6 is 0 Å². The second-order valence-electron chi connectivity index (χ2n) is 5.53. The molecule has 18 heavy (non-hydrogen) atoms. The Morgan fingerprint density at radius 3 is 2.44 bits per heavy atom. The zero-order valence-electron chi connectivity index (χ0n) is 11.0. The van der Waals surface area contributed by atoms with Gasteiger partial charge in [-0.05, 0) is 26.3 Å². The predicted octanol–water partition coefficient (Wildman–Crippen LogP) is 2.69. The molecule has 1 saturated heterocycles. The lowest BCUT2D eigenvalue weighted by molar-refractivity contribution is -0.116. The van der Waals surface area contributed by atoms with Crippen LogP contribution in [0.4, 0.5) is 4.79 Å². The summed E-state index contributed by atoms with van der Waals surface area (Å²) in [5, 5.41) is 9.73. The fourth-order valence-electron chi connectivity index (χ4n) is 2.03. The number of likely N-dealkylation sites (tertiary alicyclic amines) is 1. The van der Waals surface area contributed by atoms with Gasteiger partial charge in [-0.15, -0.1) is 0 Å². The molecule has 0 spiro atoms. The molecule has 1 aliphatic heterocycles. The number of aliphatic hydroxyl groups is 1. The van der Waals surface area contributed by atoms with Gasteiger partial charge in [0.25, 0.3) is 0 Å². The van der Waals surface area contributed by atoms with E-state index in [2.05, 4.69) is 0 Å². The first-order valence-corrected chi connectivity index (χ1v) is 6.13. The third kappa shape index (κ3) is 2.64. The number of aliphatic hydroxyl groups excluding tert-OH is 1. The van der Waals surface area contributed by atoms with Gasteiger partial charge in [-0.25, -0.2) is 4.79 Å². The van der Waals surface area contributed by atoms with Crippen LogP contribution < -0.4 is 0 Å². The summed E-state index contributed by atoms with van der Waals surface area (Å²) in [6, 6.07) is 9.59. The minimum atomic E-state index is -0.745. The van der Waals surface area contributed by atoms with Crippen molar-refractivity contribution in [1.82, 2.24) is 4.90 Å². The van der Waals surface area contributed by atoms with Gasteiger partial charge in [-0.1, -0.05) is 30.3 Å². The van der Waals surface area contributed by atoms with Crippen molar-refractivity contribution in [3.8, 4) is 0 Å². The molecule has 2 rings (SSSR count). The molecule has 0 bridgehead atoms. The normalized spacial score (nSPS) is 23.4. The van der Waals surface area contributed by atoms with Gasteiger partial charge in [0.15, 0.2) is 0 Å². The molecule has 4 heteroatoms. The molecule has 1 aromatic carbocycles. The summed E-state index contributed by atoms with van der Waals surface area (Å²) in [5.74, 6) is 0. The van der Waals surface area contributed by atoms with Crippen LogP contribution in [0.25, 0.3) is 0 Å². The van der Waals surface area contributed by atoms with E-state index in [-0.39, 0.29) is 6.04 Å². The monoisotopic (exact) mass is 249 g/mol. The molecule has 1 aliphatic rings. The maximum absolute atomic E-state index is 12.0. The third-order valence-electron chi connectivity index (χ3n) is 2.88. The van der Waals surface area contributed by atoms with Crippen molar-refractivity contribution in [3.63, 3.8) is 0 Å². The van der Waals surface area contributed by atoms with Gasteiger partial charge in [0, 0.05) is 6.42 Å². The van der Waals surface area contributed by atoms with Gasteiger partial charge in [0.2, 0.25) is 0 Å². The highest BCUT2D eigenvalue weighted by atomic mass is 16.6. The molecule has 1 aromatic rings. The Morgan fingerprint density at radius 1 is 1.33 bits per heavy atom. The summed E-state index contributed by atoms with van der Waals surface area (Å²) in [5.41, 5.74) is 0.474. The number of nitrogens with zero attached hydrogens (tertiary/aromatic N) is 1. The highest BCUT2D eigenvalue weighted by Gasteiger charge is 2.43. The fourth-order valence-corrected chi connectivity index (χ4v) is 2.03. The average Bonchev–Trinajstić information content (AvgIpc) is 2.24. The summed E-state index contributed by atoms with van der Waals surface area (Å²) in [6.45, 7) is 5.44. The second kappa shape index (κ2) is 4.61. The predicted molar refractivity (Wildman–Crippen MR) is 67.9 cm³/mol. The molecular weight excluding hydrogens is 230 g/mol. The van der Waals surface area contributed by atoms with Crippen LogP contribution in [-0.2, 0) is 4.74 Å². The van der Waals surface area contributed by atoms with Crippen LogP contribution in [0.1, 0.15) is 38.8 Å². The first-order chi connectivity index (χ1) is 8.38. The van der Waals surface area contributed by atoms with E-state index in [0.29, 0.717) is 6.42 Å². The SMILES string of the molecule is CC(C)(C)OC(=O)N1C(O)C[C@@H]1c1ccccc1. The van der Waals surface area contributed by atoms with Crippen molar-refractivity contribution >= 4 is 6.09 Å². The lowest BCUT2D eigenvalue weighted by Gasteiger charge is -2.45. The van der Waals surface area contributed by atoms with Crippen LogP contribution in [-0.4, -0.2) is 27.9 Å². The van der Waals surface area contributed by atoms with Gasteiger partial charge < -0.3 is 9.84 Å². The van der Waals surface area contributed by atoms with Crippen LogP contribution in [0.2, 0.25) is 0 Å². The largest absolute Gasteiger partial charge is 0.444 e. The molecule has 1 amide bonds.